The largest absolute Gasteiger partial charge is 0.329 e. The minimum Gasteiger partial charge on any atom is -0.321 e. The smallest absolute Gasteiger partial charge is 0.321 e. The first-order valence-corrected chi connectivity index (χ1v) is 6.59. The van der Waals surface area contributed by atoms with Gasteiger partial charge in [0, 0.05) is 10.9 Å². The average Bonchev–Trinajstić information content (AvgIpc) is 3.00. The molecular weight excluding hydrogens is 286 g/mol. The van der Waals surface area contributed by atoms with Crippen LogP contribution in [0.3, 0.4) is 0 Å². The maximum Gasteiger partial charge on any atom is 0.329 e. The quantitative estimate of drug-likeness (QED) is 0.866. The van der Waals surface area contributed by atoms with Crippen LogP contribution in [-0.4, -0.2) is 11.9 Å². The summed E-state index contributed by atoms with van der Waals surface area (Å²) in [4.78, 5) is 25.5. The predicted molar refractivity (Wildman–Crippen MR) is 69.4 cm³/mol. The van der Waals surface area contributed by atoms with Crippen molar-refractivity contribution in [2.24, 2.45) is 0 Å². The maximum absolute atomic E-state index is 13.7. The second-order valence-corrected chi connectivity index (χ2v) is 5.15. The van der Waals surface area contributed by atoms with Crippen LogP contribution in [0.5, 0.6) is 0 Å². The summed E-state index contributed by atoms with van der Waals surface area (Å²) in [6.07, 6.45) is 0. The lowest BCUT2D eigenvalue weighted by Crippen LogP contribution is -2.31. The van der Waals surface area contributed by atoms with E-state index in [1.807, 2.05) is 0 Å². The van der Waals surface area contributed by atoms with Gasteiger partial charge < -0.3 is 5.32 Å². The van der Waals surface area contributed by atoms with E-state index < -0.39 is 29.6 Å². The van der Waals surface area contributed by atoms with Gasteiger partial charge in [0.25, 0.3) is 5.91 Å². The van der Waals surface area contributed by atoms with Crippen molar-refractivity contribution in [1.82, 2.24) is 5.32 Å². The number of nitrogens with zero attached hydrogens (tertiary/aromatic N) is 1. The third-order valence-corrected chi connectivity index (χ3v) is 3.85. The Kier molecular flexibility index (Phi) is 2.98. The first kappa shape index (κ1) is 12.7. The SMILES string of the molecule is O=C1NC(c2cccs2)C(=O)N1c1ccc(F)cc1F. The molecule has 1 saturated heterocycles. The molecular formula is C13H8F2N2O2S. The molecule has 0 radical (unpaired) electrons. The molecule has 1 atom stereocenters. The van der Waals surface area contributed by atoms with E-state index in [1.54, 1.807) is 17.5 Å². The van der Waals surface area contributed by atoms with E-state index >= 15 is 0 Å². The Bertz CT molecular complexity index is 688. The van der Waals surface area contributed by atoms with Crippen molar-refractivity contribution in [2.45, 2.75) is 6.04 Å². The fourth-order valence-corrected chi connectivity index (χ4v) is 2.79. The number of imide groups is 1. The van der Waals surface area contributed by atoms with Gasteiger partial charge in [-0.2, -0.15) is 0 Å². The van der Waals surface area contributed by atoms with Crippen LogP contribution >= 0.6 is 11.3 Å². The lowest BCUT2D eigenvalue weighted by atomic mass is 10.2. The highest BCUT2D eigenvalue weighted by molar-refractivity contribution is 7.10. The molecule has 2 heterocycles. The second-order valence-electron chi connectivity index (χ2n) is 4.17. The number of thiophene rings is 1. The van der Waals surface area contributed by atoms with Crippen LogP contribution in [0, 0.1) is 11.6 Å². The number of anilines is 1. The third kappa shape index (κ3) is 1.96. The third-order valence-electron chi connectivity index (χ3n) is 2.92. The number of urea groups is 1. The Hall–Kier alpha value is -2.28. The fraction of sp³-hybridized carbons (Fsp3) is 0.0769. The van der Waals surface area contributed by atoms with Gasteiger partial charge in [-0.3, -0.25) is 4.79 Å². The molecule has 4 nitrogen and oxygen atoms in total. The Morgan fingerprint density at radius 3 is 2.65 bits per heavy atom. The van der Waals surface area contributed by atoms with Gasteiger partial charge in [-0.25, -0.2) is 18.5 Å². The average molecular weight is 294 g/mol. The molecule has 0 saturated carbocycles. The lowest BCUT2D eigenvalue weighted by Gasteiger charge is -2.13. The second kappa shape index (κ2) is 4.68. The molecule has 0 aliphatic carbocycles. The Labute approximate surface area is 116 Å². The zero-order valence-electron chi connectivity index (χ0n) is 9.97. The molecule has 2 aromatic rings. The van der Waals surface area contributed by atoms with Crippen LogP contribution < -0.4 is 10.2 Å². The Morgan fingerprint density at radius 2 is 2.00 bits per heavy atom. The van der Waals surface area contributed by atoms with Crippen molar-refractivity contribution in [2.75, 3.05) is 4.90 Å². The molecule has 1 aromatic heterocycles. The summed E-state index contributed by atoms with van der Waals surface area (Å²) in [5.74, 6) is -2.31. The van der Waals surface area contributed by atoms with Gasteiger partial charge in [0.1, 0.15) is 17.7 Å². The van der Waals surface area contributed by atoms with Crippen molar-refractivity contribution < 1.29 is 18.4 Å². The van der Waals surface area contributed by atoms with E-state index in [1.165, 1.54) is 11.3 Å². The minimum absolute atomic E-state index is 0.257. The number of hydrogen-bond acceptors (Lipinski definition) is 3. The fourth-order valence-electron chi connectivity index (χ4n) is 2.02. The van der Waals surface area contributed by atoms with Crippen molar-refractivity contribution in [3.8, 4) is 0 Å². The van der Waals surface area contributed by atoms with E-state index in [-0.39, 0.29) is 5.69 Å². The molecule has 20 heavy (non-hydrogen) atoms. The molecule has 0 bridgehead atoms. The number of carbonyl (C=O) groups excluding carboxylic acids is 2. The van der Waals surface area contributed by atoms with E-state index in [9.17, 15) is 18.4 Å². The molecule has 3 amide bonds. The first-order valence-electron chi connectivity index (χ1n) is 5.71. The van der Waals surface area contributed by atoms with Crippen molar-refractivity contribution in [1.29, 1.82) is 0 Å². The van der Waals surface area contributed by atoms with Gasteiger partial charge in [0.2, 0.25) is 0 Å². The highest BCUT2D eigenvalue weighted by Gasteiger charge is 2.41. The Balaban J connectivity index is 1.98. The van der Waals surface area contributed by atoms with Gasteiger partial charge in [-0.05, 0) is 23.6 Å². The summed E-state index contributed by atoms with van der Waals surface area (Å²) in [6.45, 7) is 0. The number of carbonyl (C=O) groups is 2. The molecule has 3 rings (SSSR count). The summed E-state index contributed by atoms with van der Waals surface area (Å²) < 4.78 is 26.6. The van der Waals surface area contributed by atoms with Crippen molar-refractivity contribution in [3.63, 3.8) is 0 Å². The van der Waals surface area contributed by atoms with Crippen LogP contribution in [-0.2, 0) is 4.79 Å². The number of amides is 3. The van der Waals surface area contributed by atoms with Crippen molar-refractivity contribution >= 4 is 29.0 Å². The summed E-state index contributed by atoms with van der Waals surface area (Å²) in [5, 5.41) is 4.26. The van der Waals surface area contributed by atoms with Gasteiger partial charge >= 0.3 is 6.03 Å². The number of halogens is 2. The monoisotopic (exact) mass is 294 g/mol. The van der Waals surface area contributed by atoms with Crippen LogP contribution in [0.2, 0.25) is 0 Å². The summed E-state index contributed by atoms with van der Waals surface area (Å²) >= 11 is 1.31. The maximum atomic E-state index is 13.7. The van der Waals surface area contributed by atoms with Crippen LogP contribution in [0.4, 0.5) is 19.3 Å². The molecule has 1 aliphatic rings. The van der Waals surface area contributed by atoms with E-state index in [0.717, 1.165) is 12.1 Å². The van der Waals surface area contributed by atoms with Gasteiger partial charge in [0.05, 0.1) is 5.69 Å². The number of hydrogen-bond donors (Lipinski definition) is 1. The van der Waals surface area contributed by atoms with Gasteiger partial charge in [-0.1, -0.05) is 6.07 Å². The summed E-state index contributed by atoms with van der Waals surface area (Å²) in [5.41, 5.74) is -0.257. The summed E-state index contributed by atoms with van der Waals surface area (Å²) in [6, 6.07) is 4.61. The molecule has 1 fully saturated rings. The topological polar surface area (TPSA) is 49.4 Å². The number of rotatable bonds is 2. The lowest BCUT2D eigenvalue weighted by molar-refractivity contribution is -0.118. The van der Waals surface area contributed by atoms with Gasteiger partial charge in [0.15, 0.2) is 0 Å². The molecule has 0 spiro atoms. The van der Waals surface area contributed by atoms with Gasteiger partial charge in [-0.15, -0.1) is 11.3 Å². The van der Waals surface area contributed by atoms with E-state index in [2.05, 4.69) is 5.32 Å². The van der Waals surface area contributed by atoms with Crippen LogP contribution in [0.25, 0.3) is 0 Å². The minimum atomic E-state index is -0.958. The molecule has 1 unspecified atom stereocenters. The number of benzene rings is 1. The molecule has 1 aromatic carbocycles. The molecule has 1 N–H and O–H groups in total. The van der Waals surface area contributed by atoms with Crippen molar-refractivity contribution in [3.05, 3.63) is 52.2 Å². The highest BCUT2D eigenvalue weighted by atomic mass is 32.1. The zero-order chi connectivity index (χ0) is 14.3. The molecule has 7 heteroatoms. The zero-order valence-corrected chi connectivity index (χ0v) is 10.8. The van der Waals surface area contributed by atoms with E-state index in [0.29, 0.717) is 15.8 Å². The van der Waals surface area contributed by atoms with Crippen LogP contribution in [0.1, 0.15) is 10.9 Å². The predicted octanol–water partition coefficient (Wildman–Crippen LogP) is 2.82. The molecule has 1 aliphatic heterocycles. The standard InChI is InChI=1S/C13H8F2N2O2S/c14-7-3-4-9(8(15)6-7)17-12(18)11(16-13(17)19)10-2-1-5-20-10/h1-6,11H,(H,16,19). The number of nitrogens with one attached hydrogen (secondary N) is 1. The Morgan fingerprint density at radius 1 is 1.20 bits per heavy atom. The summed E-state index contributed by atoms with van der Waals surface area (Å²) in [7, 11) is 0. The molecule has 102 valence electrons. The highest BCUT2D eigenvalue weighted by Crippen LogP contribution is 2.30. The normalized spacial score (nSPS) is 18.5. The van der Waals surface area contributed by atoms with E-state index in [4.69, 9.17) is 0 Å². The van der Waals surface area contributed by atoms with Crippen LogP contribution in [0.15, 0.2) is 35.7 Å². The first-order chi connectivity index (χ1) is 9.58.